The maximum atomic E-state index is 12.5. The number of carbonyl (C=O) groups excluding carboxylic acids is 1. The van der Waals surface area contributed by atoms with Crippen LogP contribution in [0.3, 0.4) is 0 Å². The molecule has 2 fully saturated rings. The summed E-state index contributed by atoms with van der Waals surface area (Å²) in [6, 6.07) is 0. The normalized spacial score (nSPS) is 27.5. The first-order valence-corrected chi connectivity index (χ1v) is 7.88. The number of carbonyl (C=O) groups is 1. The number of rotatable bonds is 2. The van der Waals surface area contributed by atoms with Gasteiger partial charge in [0.25, 0.3) is 0 Å². The monoisotopic (exact) mass is 259 g/mol. The molecular weight excluding hydrogens is 238 g/mol. The van der Waals surface area contributed by atoms with Gasteiger partial charge in [-0.2, -0.15) is 4.31 Å². The molecule has 0 aromatic heterocycles. The summed E-state index contributed by atoms with van der Waals surface area (Å²) in [6.45, 7) is 3.92. The first kappa shape index (κ1) is 13.0. The Kier molecular flexibility index (Phi) is 3.34. The first-order chi connectivity index (χ1) is 7.84. The number of Topliss-reactive ketones (excluding diaryl/α,β-unsaturated/α-hetero) is 1. The molecule has 1 saturated carbocycles. The van der Waals surface area contributed by atoms with Gasteiger partial charge in [-0.15, -0.1) is 0 Å². The number of hydrogen-bond acceptors (Lipinski definition) is 3. The molecule has 2 aliphatic rings. The van der Waals surface area contributed by atoms with E-state index in [4.69, 9.17) is 0 Å². The number of nitrogens with zero attached hydrogens (tertiary/aromatic N) is 1. The average Bonchev–Trinajstić information content (AvgIpc) is 2.75. The molecule has 0 amide bonds. The third kappa shape index (κ3) is 2.40. The van der Waals surface area contributed by atoms with Gasteiger partial charge in [-0.05, 0) is 33.1 Å². The van der Waals surface area contributed by atoms with Crippen LogP contribution in [0.5, 0.6) is 0 Å². The van der Waals surface area contributed by atoms with Crippen LogP contribution in [0.15, 0.2) is 0 Å². The topological polar surface area (TPSA) is 54.5 Å². The van der Waals surface area contributed by atoms with Crippen molar-refractivity contribution in [3.05, 3.63) is 0 Å². The van der Waals surface area contributed by atoms with Gasteiger partial charge in [-0.25, -0.2) is 8.42 Å². The smallest absolute Gasteiger partial charge is 0.217 e. The fourth-order valence-corrected chi connectivity index (χ4v) is 5.22. The van der Waals surface area contributed by atoms with E-state index in [-0.39, 0.29) is 17.6 Å². The van der Waals surface area contributed by atoms with E-state index < -0.39 is 15.6 Å². The Labute approximate surface area is 103 Å². The molecular formula is C12H21NO3S. The minimum Gasteiger partial charge on any atom is -0.298 e. The molecule has 0 radical (unpaired) electrons. The minimum atomic E-state index is -3.29. The Morgan fingerprint density at radius 2 is 1.82 bits per heavy atom. The summed E-state index contributed by atoms with van der Waals surface area (Å²) in [5.41, 5.74) is -0.407. The molecule has 1 aliphatic heterocycles. The van der Waals surface area contributed by atoms with Crippen LogP contribution in [0.1, 0.15) is 52.4 Å². The zero-order chi connectivity index (χ0) is 12.7. The van der Waals surface area contributed by atoms with E-state index >= 15 is 0 Å². The second kappa shape index (κ2) is 4.35. The van der Waals surface area contributed by atoms with E-state index in [1.54, 1.807) is 0 Å². The van der Waals surface area contributed by atoms with Gasteiger partial charge in [0.15, 0.2) is 0 Å². The van der Waals surface area contributed by atoms with Crippen molar-refractivity contribution in [2.24, 2.45) is 0 Å². The van der Waals surface area contributed by atoms with E-state index in [0.29, 0.717) is 12.8 Å². The Morgan fingerprint density at radius 3 is 2.41 bits per heavy atom. The van der Waals surface area contributed by atoms with Gasteiger partial charge in [0.05, 0.1) is 11.8 Å². The van der Waals surface area contributed by atoms with E-state index in [1.165, 1.54) is 4.31 Å². The minimum absolute atomic E-state index is 0.0471. The average molecular weight is 259 g/mol. The molecule has 5 heteroatoms. The molecule has 0 aromatic carbocycles. The molecule has 1 aliphatic carbocycles. The lowest BCUT2D eigenvalue weighted by atomic mass is 9.93. The van der Waals surface area contributed by atoms with E-state index in [0.717, 1.165) is 25.7 Å². The largest absolute Gasteiger partial charge is 0.298 e. The summed E-state index contributed by atoms with van der Waals surface area (Å²) >= 11 is 0. The number of ketones is 1. The fourth-order valence-electron chi connectivity index (χ4n) is 2.82. The van der Waals surface area contributed by atoms with Crippen molar-refractivity contribution in [2.75, 3.05) is 6.54 Å². The van der Waals surface area contributed by atoms with Gasteiger partial charge in [0.1, 0.15) is 5.78 Å². The van der Waals surface area contributed by atoms with Crippen LogP contribution in [0.2, 0.25) is 0 Å². The van der Waals surface area contributed by atoms with Crippen molar-refractivity contribution in [2.45, 2.75) is 63.2 Å². The van der Waals surface area contributed by atoms with Gasteiger partial charge in [-0.1, -0.05) is 12.8 Å². The molecule has 98 valence electrons. The highest BCUT2D eigenvalue weighted by Crippen LogP contribution is 2.34. The zero-order valence-electron chi connectivity index (χ0n) is 10.6. The summed E-state index contributed by atoms with van der Waals surface area (Å²) < 4.78 is 26.5. The van der Waals surface area contributed by atoms with Crippen molar-refractivity contribution in [1.29, 1.82) is 0 Å². The summed E-state index contributed by atoms with van der Waals surface area (Å²) in [5, 5.41) is -0.257. The predicted molar refractivity (Wildman–Crippen MR) is 66.2 cm³/mol. The van der Waals surface area contributed by atoms with Gasteiger partial charge < -0.3 is 0 Å². The highest BCUT2D eigenvalue weighted by Gasteiger charge is 2.44. The summed E-state index contributed by atoms with van der Waals surface area (Å²) in [6.07, 6.45) is 4.63. The molecule has 4 nitrogen and oxygen atoms in total. The molecule has 2 rings (SSSR count). The second-order valence-electron chi connectivity index (χ2n) is 5.81. The fraction of sp³-hybridized carbons (Fsp3) is 0.917. The molecule has 17 heavy (non-hydrogen) atoms. The standard InChI is InChI=1S/C12H21NO3S/c1-12(2)8-7-10(14)9-13(12)17(15,16)11-5-3-4-6-11/h11H,3-9H2,1-2H3. The van der Waals surface area contributed by atoms with Crippen molar-refractivity contribution in [3.63, 3.8) is 0 Å². The maximum absolute atomic E-state index is 12.5. The van der Waals surface area contributed by atoms with Crippen LogP contribution >= 0.6 is 0 Å². The lowest BCUT2D eigenvalue weighted by molar-refractivity contribution is -0.123. The molecule has 1 saturated heterocycles. The second-order valence-corrected chi connectivity index (χ2v) is 7.95. The van der Waals surface area contributed by atoms with Crippen LogP contribution in [-0.4, -0.2) is 35.8 Å². The number of hydrogen-bond donors (Lipinski definition) is 0. The van der Waals surface area contributed by atoms with Crippen molar-refractivity contribution < 1.29 is 13.2 Å². The number of sulfonamides is 1. The van der Waals surface area contributed by atoms with Gasteiger partial charge in [-0.3, -0.25) is 4.79 Å². The molecule has 0 atom stereocenters. The molecule has 0 aromatic rings. The lowest BCUT2D eigenvalue weighted by Gasteiger charge is -2.41. The van der Waals surface area contributed by atoms with Crippen LogP contribution < -0.4 is 0 Å². The lowest BCUT2D eigenvalue weighted by Crippen LogP contribution is -2.55. The third-order valence-electron chi connectivity index (χ3n) is 4.04. The van der Waals surface area contributed by atoms with Crippen molar-refractivity contribution >= 4 is 15.8 Å². The third-order valence-corrected chi connectivity index (χ3v) is 6.59. The Morgan fingerprint density at radius 1 is 1.24 bits per heavy atom. The molecule has 0 unspecified atom stereocenters. The van der Waals surface area contributed by atoms with E-state index in [1.807, 2.05) is 13.8 Å². The highest BCUT2D eigenvalue weighted by molar-refractivity contribution is 7.89. The zero-order valence-corrected chi connectivity index (χ0v) is 11.4. The number of piperidine rings is 1. The van der Waals surface area contributed by atoms with Crippen LogP contribution in [0.4, 0.5) is 0 Å². The van der Waals surface area contributed by atoms with Crippen LogP contribution in [0.25, 0.3) is 0 Å². The Balaban J connectivity index is 2.26. The van der Waals surface area contributed by atoms with Crippen LogP contribution in [-0.2, 0) is 14.8 Å². The Bertz CT molecular complexity index is 407. The molecule has 1 heterocycles. The predicted octanol–water partition coefficient (Wildman–Crippen LogP) is 1.70. The maximum Gasteiger partial charge on any atom is 0.217 e. The first-order valence-electron chi connectivity index (χ1n) is 6.37. The van der Waals surface area contributed by atoms with Crippen molar-refractivity contribution in [1.82, 2.24) is 4.31 Å². The van der Waals surface area contributed by atoms with E-state index in [9.17, 15) is 13.2 Å². The molecule has 0 spiro atoms. The van der Waals surface area contributed by atoms with E-state index in [2.05, 4.69) is 0 Å². The quantitative estimate of drug-likeness (QED) is 0.758. The van der Waals surface area contributed by atoms with Crippen LogP contribution in [0, 0.1) is 0 Å². The highest BCUT2D eigenvalue weighted by atomic mass is 32.2. The van der Waals surface area contributed by atoms with Crippen molar-refractivity contribution in [3.8, 4) is 0 Å². The molecule has 0 bridgehead atoms. The summed E-state index contributed by atoms with van der Waals surface area (Å²) in [5.74, 6) is 0.0471. The summed E-state index contributed by atoms with van der Waals surface area (Å²) in [7, 11) is -3.29. The Hall–Kier alpha value is -0.420. The van der Waals surface area contributed by atoms with Gasteiger partial charge in [0.2, 0.25) is 10.0 Å². The SMILES string of the molecule is CC1(C)CCC(=O)CN1S(=O)(=O)C1CCCC1. The van der Waals surface area contributed by atoms with Gasteiger partial charge in [0, 0.05) is 12.0 Å². The summed E-state index contributed by atoms with van der Waals surface area (Å²) in [4.78, 5) is 11.5. The molecule has 0 N–H and O–H groups in total. The van der Waals surface area contributed by atoms with Gasteiger partial charge >= 0.3 is 0 Å².